The van der Waals surface area contributed by atoms with Gasteiger partial charge >= 0.3 is 18.6 Å². The standard InChI is InChI=1S/C30H29ClF7N7O4/c1-5-41-24(16-8-14(32)6-7-19(16)31)22-12(2)25-21(45(13(3)44(25)27(34)35)30(48,49)28(4,46)47)11-20(22)42-26(43-40)17-9-15(33)10-18(23(17)39)29(36,37)38/h5-11,24,27,41,46-49H,1,3,39-40H2,2,4H3,(H,42,43). The molecular formula is C30H29ClF7N7O4. The number of nitrogen functional groups attached to an aromatic ring is 1. The maximum absolute atomic E-state index is 14.7. The third-order valence-corrected chi connectivity index (χ3v) is 7.97. The van der Waals surface area contributed by atoms with E-state index >= 15 is 0 Å². The number of amidine groups is 1. The van der Waals surface area contributed by atoms with Crippen LogP contribution < -0.4 is 32.1 Å². The fourth-order valence-corrected chi connectivity index (χ4v) is 5.61. The van der Waals surface area contributed by atoms with Gasteiger partial charge in [0, 0.05) is 21.7 Å². The number of aliphatic imine (C=N–C) groups is 1. The van der Waals surface area contributed by atoms with E-state index in [0.29, 0.717) is 13.0 Å². The van der Waals surface area contributed by atoms with E-state index in [1.165, 1.54) is 13.0 Å². The van der Waals surface area contributed by atoms with Crippen molar-refractivity contribution < 1.29 is 51.2 Å². The van der Waals surface area contributed by atoms with Crippen molar-refractivity contribution in [1.82, 2.24) is 10.7 Å². The van der Waals surface area contributed by atoms with E-state index in [9.17, 15) is 51.2 Å². The summed E-state index contributed by atoms with van der Waals surface area (Å²) in [5.41, 5.74) is 2.62. The zero-order chi connectivity index (χ0) is 37.0. The highest BCUT2D eigenvalue weighted by molar-refractivity contribution is 6.31. The Hall–Kier alpha value is -4.59. The van der Waals surface area contributed by atoms with E-state index < -0.39 is 87.6 Å². The van der Waals surface area contributed by atoms with Crippen LogP contribution in [0.2, 0.25) is 5.02 Å². The molecule has 0 aromatic heterocycles. The minimum atomic E-state index is -5.13. The summed E-state index contributed by atoms with van der Waals surface area (Å²) in [4.78, 5) is 4.73. The predicted octanol–water partition coefficient (Wildman–Crippen LogP) is 4.55. The summed E-state index contributed by atoms with van der Waals surface area (Å²) in [5.74, 6) is -5.32. The van der Waals surface area contributed by atoms with Gasteiger partial charge in [0.2, 0.25) is 5.79 Å². The molecule has 10 N–H and O–H groups in total. The van der Waals surface area contributed by atoms with Crippen molar-refractivity contribution in [1.29, 1.82) is 0 Å². The molecule has 0 amide bonds. The van der Waals surface area contributed by atoms with E-state index in [1.807, 2.05) is 5.43 Å². The van der Waals surface area contributed by atoms with E-state index in [2.05, 4.69) is 23.5 Å². The van der Waals surface area contributed by atoms with E-state index in [4.69, 9.17) is 23.2 Å². The number of hydrogen-bond acceptors (Lipinski definition) is 10. The average Bonchev–Trinajstić information content (AvgIpc) is 3.29. The second-order valence-electron chi connectivity index (χ2n) is 10.8. The van der Waals surface area contributed by atoms with Gasteiger partial charge in [-0.05, 0) is 62.0 Å². The molecule has 1 aliphatic rings. The SMILES string of the molecule is C=CNC(c1cc(F)ccc1Cl)c1c(N=C(NN)c2cc(F)cc(C(F)(F)F)c2N)cc2c(c1C)N(C(F)F)C(=C)N2C(O)(O)C(C)(O)O. The molecule has 1 unspecified atom stereocenters. The molecule has 1 atom stereocenters. The van der Waals surface area contributed by atoms with Gasteiger partial charge in [-0.3, -0.25) is 9.80 Å². The van der Waals surface area contributed by atoms with Gasteiger partial charge < -0.3 is 36.9 Å². The van der Waals surface area contributed by atoms with E-state index in [1.54, 1.807) is 0 Å². The molecular weight excluding hydrogens is 691 g/mol. The lowest BCUT2D eigenvalue weighted by atomic mass is 9.91. The van der Waals surface area contributed by atoms with Crippen molar-refractivity contribution in [3.63, 3.8) is 0 Å². The third-order valence-electron chi connectivity index (χ3n) is 7.63. The molecule has 0 spiro atoms. The van der Waals surface area contributed by atoms with Crippen molar-refractivity contribution in [3.05, 3.63) is 106 Å². The van der Waals surface area contributed by atoms with Crippen molar-refractivity contribution in [2.45, 2.75) is 44.3 Å². The maximum atomic E-state index is 14.7. The number of alkyl halides is 5. The maximum Gasteiger partial charge on any atom is 0.418 e. The zero-order valence-electron chi connectivity index (χ0n) is 25.4. The number of hydrogen-bond donors (Lipinski definition) is 8. The topological polar surface area (TPSA) is 176 Å². The largest absolute Gasteiger partial charge is 0.418 e. The smallest absolute Gasteiger partial charge is 0.398 e. The Bertz CT molecular complexity index is 1850. The van der Waals surface area contributed by atoms with Gasteiger partial charge in [0.05, 0.1) is 34.4 Å². The molecule has 4 rings (SSSR count). The predicted molar refractivity (Wildman–Crippen MR) is 167 cm³/mol. The zero-order valence-corrected chi connectivity index (χ0v) is 26.2. The van der Waals surface area contributed by atoms with Gasteiger partial charge in [0.15, 0.2) is 0 Å². The highest BCUT2D eigenvalue weighted by Crippen LogP contribution is 2.54. The molecule has 0 bridgehead atoms. The minimum absolute atomic E-state index is 0.0258. The Labute approximate surface area is 278 Å². The van der Waals surface area contributed by atoms with Crippen molar-refractivity contribution >= 4 is 40.2 Å². The number of nitrogens with two attached hydrogens (primary N) is 2. The lowest BCUT2D eigenvalue weighted by molar-refractivity contribution is -0.344. The number of aliphatic hydroxyl groups is 4. The number of hydrazine groups is 1. The van der Waals surface area contributed by atoms with Crippen LogP contribution in [-0.2, 0) is 6.18 Å². The van der Waals surface area contributed by atoms with Crippen LogP contribution in [0.5, 0.6) is 0 Å². The van der Waals surface area contributed by atoms with Crippen molar-refractivity contribution in [2.75, 3.05) is 15.5 Å². The first-order valence-corrected chi connectivity index (χ1v) is 14.1. The first-order valence-electron chi connectivity index (χ1n) is 13.8. The number of rotatable bonds is 9. The Morgan fingerprint density at radius 1 is 1.06 bits per heavy atom. The van der Waals surface area contributed by atoms with Gasteiger partial charge in [-0.2, -0.15) is 22.0 Å². The minimum Gasteiger partial charge on any atom is -0.398 e. The number of nitrogens with one attached hydrogen (secondary N) is 2. The molecule has 0 aliphatic carbocycles. The Balaban J connectivity index is 2.21. The summed E-state index contributed by atoms with van der Waals surface area (Å²) >= 11 is 6.41. The molecule has 264 valence electrons. The number of anilines is 3. The fourth-order valence-electron chi connectivity index (χ4n) is 5.39. The lowest BCUT2D eigenvalue weighted by Crippen LogP contribution is -2.63. The molecule has 0 saturated carbocycles. The summed E-state index contributed by atoms with van der Waals surface area (Å²) in [6.45, 7) is 5.38. The summed E-state index contributed by atoms with van der Waals surface area (Å²) in [6.07, 6.45) is -4.00. The molecule has 11 nitrogen and oxygen atoms in total. The van der Waals surface area contributed by atoms with Crippen LogP contribution in [0.3, 0.4) is 0 Å². The summed E-state index contributed by atoms with van der Waals surface area (Å²) in [7, 11) is 0. The number of fused-ring (bicyclic) bond motifs is 1. The highest BCUT2D eigenvalue weighted by atomic mass is 35.5. The van der Waals surface area contributed by atoms with Crippen LogP contribution >= 0.6 is 11.6 Å². The van der Waals surface area contributed by atoms with Crippen LogP contribution in [0, 0.1) is 18.6 Å². The number of nitrogens with zero attached hydrogens (tertiary/aromatic N) is 3. The molecule has 0 saturated heterocycles. The molecule has 1 aliphatic heterocycles. The molecule has 0 radical (unpaired) electrons. The van der Waals surface area contributed by atoms with Gasteiger partial charge in [-0.15, -0.1) is 0 Å². The van der Waals surface area contributed by atoms with Crippen LogP contribution in [-0.4, -0.2) is 44.5 Å². The average molecular weight is 720 g/mol. The Morgan fingerprint density at radius 2 is 1.69 bits per heavy atom. The fraction of sp³-hybridized carbons (Fsp3) is 0.233. The Morgan fingerprint density at radius 3 is 2.22 bits per heavy atom. The van der Waals surface area contributed by atoms with E-state index in [0.717, 1.165) is 24.4 Å². The molecule has 49 heavy (non-hydrogen) atoms. The van der Waals surface area contributed by atoms with Crippen molar-refractivity contribution in [2.24, 2.45) is 10.8 Å². The molecule has 0 fully saturated rings. The second kappa shape index (κ2) is 13.0. The normalized spacial score (nSPS) is 14.8. The first-order chi connectivity index (χ1) is 22.6. The molecule has 1 heterocycles. The van der Waals surface area contributed by atoms with Gasteiger partial charge in [0.1, 0.15) is 23.3 Å². The van der Waals surface area contributed by atoms with Crippen molar-refractivity contribution in [3.8, 4) is 0 Å². The van der Waals surface area contributed by atoms with Crippen LogP contribution in [0.1, 0.15) is 40.8 Å². The van der Waals surface area contributed by atoms with Gasteiger partial charge in [-0.1, -0.05) is 24.8 Å². The quantitative estimate of drug-likeness (QED) is 0.0229. The molecule has 3 aromatic rings. The third kappa shape index (κ3) is 6.57. The van der Waals surface area contributed by atoms with Crippen LogP contribution in [0.4, 0.5) is 53.5 Å². The van der Waals surface area contributed by atoms with Crippen LogP contribution in [0.25, 0.3) is 0 Å². The second-order valence-corrected chi connectivity index (χ2v) is 11.3. The Kier molecular flexibility index (Phi) is 9.90. The van der Waals surface area contributed by atoms with E-state index in [-0.39, 0.29) is 37.6 Å². The number of halogens is 8. The summed E-state index contributed by atoms with van der Waals surface area (Å²) in [6, 6.07) is 3.45. The first kappa shape index (κ1) is 37.2. The highest BCUT2D eigenvalue weighted by Gasteiger charge is 2.55. The molecule has 19 heteroatoms. The number of benzene rings is 3. The summed E-state index contributed by atoms with van der Waals surface area (Å²) in [5, 5.41) is 44.9. The molecule has 3 aromatic carbocycles. The van der Waals surface area contributed by atoms with Gasteiger partial charge in [0.25, 0.3) is 0 Å². The monoisotopic (exact) mass is 719 g/mol. The van der Waals surface area contributed by atoms with Crippen LogP contribution in [0.15, 0.2) is 66.6 Å². The summed E-state index contributed by atoms with van der Waals surface area (Å²) < 4.78 is 99.7. The lowest BCUT2D eigenvalue weighted by Gasteiger charge is -2.40. The van der Waals surface area contributed by atoms with Gasteiger partial charge in [-0.25, -0.2) is 19.6 Å².